The number of fused-ring (bicyclic) bond motifs is 3. The van der Waals surface area contributed by atoms with Crippen LogP contribution in [0.3, 0.4) is 0 Å². The topological polar surface area (TPSA) is 84.9 Å². The van der Waals surface area contributed by atoms with Gasteiger partial charge in [0.2, 0.25) is 0 Å². The van der Waals surface area contributed by atoms with Crippen molar-refractivity contribution in [2.75, 3.05) is 11.9 Å². The lowest BCUT2D eigenvalue weighted by molar-refractivity contribution is -0.144. The normalized spacial score (nSPS) is 13.1. The van der Waals surface area contributed by atoms with Crippen LogP contribution >= 0.6 is 0 Å². The van der Waals surface area contributed by atoms with E-state index in [4.69, 9.17) is 14.6 Å². The lowest BCUT2D eigenvalue weighted by Crippen LogP contribution is -2.23. The summed E-state index contributed by atoms with van der Waals surface area (Å²) >= 11 is 0. The predicted octanol–water partition coefficient (Wildman–Crippen LogP) is 4.90. The Kier molecular flexibility index (Phi) is 5.39. The Bertz CT molecular complexity index is 1050. The van der Waals surface area contributed by atoms with Crippen LogP contribution in [0.4, 0.5) is 10.5 Å². The molecule has 3 aromatic carbocycles. The van der Waals surface area contributed by atoms with Crippen LogP contribution in [0.25, 0.3) is 11.1 Å². The summed E-state index contributed by atoms with van der Waals surface area (Å²) in [4.78, 5) is 23.3. The number of benzene rings is 3. The molecule has 1 atom stereocenters. The lowest BCUT2D eigenvalue weighted by atomic mass is 9.98. The molecule has 0 aliphatic heterocycles. The lowest BCUT2D eigenvalue weighted by Gasteiger charge is -2.15. The minimum Gasteiger partial charge on any atom is -0.479 e. The Morgan fingerprint density at radius 3 is 2.23 bits per heavy atom. The number of carboxylic acids is 1. The van der Waals surface area contributed by atoms with Crippen molar-refractivity contribution >= 4 is 17.7 Å². The summed E-state index contributed by atoms with van der Waals surface area (Å²) in [6.45, 7) is 1.65. The van der Waals surface area contributed by atoms with Crippen LogP contribution in [0.2, 0.25) is 0 Å². The molecule has 1 amide bonds. The minimum absolute atomic E-state index is 0.0192. The molecule has 0 saturated carbocycles. The summed E-state index contributed by atoms with van der Waals surface area (Å²) in [5.74, 6) is -0.736. The van der Waals surface area contributed by atoms with Crippen molar-refractivity contribution in [1.82, 2.24) is 0 Å². The zero-order valence-electron chi connectivity index (χ0n) is 16.4. The van der Waals surface area contributed by atoms with Gasteiger partial charge >= 0.3 is 12.1 Å². The van der Waals surface area contributed by atoms with Gasteiger partial charge in [-0.2, -0.15) is 0 Å². The Balaban J connectivity index is 1.42. The van der Waals surface area contributed by atoms with E-state index in [1.807, 2.05) is 24.3 Å². The van der Waals surface area contributed by atoms with Gasteiger partial charge in [-0.15, -0.1) is 0 Å². The first-order chi connectivity index (χ1) is 14.5. The summed E-state index contributed by atoms with van der Waals surface area (Å²) < 4.78 is 10.8. The average molecular weight is 403 g/mol. The summed E-state index contributed by atoms with van der Waals surface area (Å²) in [6, 6.07) is 22.8. The van der Waals surface area contributed by atoms with E-state index in [1.54, 1.807) is 24.3 Å². The maximum absolute atomic E-state index is 12.4. The molecule has 6 nitrogen and oxygen atoms in total. The van der Waals surface area contributed by atoms with Crippen molar-refractivity contribution in [2.45, 2.75) is 18.9 Å². The second-order valence-electron chi connectivity index (χ2n) is 7.08. The number of anilines is 1. The molecule has 152 valence electrons. The van der Waals surface area contributed by atoms with Crippen molar-refractivity contribution in [3.63, 3.8) is 0 Å². The van der Waals surface area contributed by atoms with Gasteiger partial charge in [0.1, 0.15) is 12.4 Å². The van der Waals surface area contributed by atoms with Gasteiger partial charge in [-0.3, -0.25) is 5.32 Å². The number of hydrogen-bond acceptors (Lipinski definition) is 4. The number of carboxylic acid groups (broad SMARTS) is 1. The van der Waals surface area contributed by atoms with Crippen molar-refractivity contribution in [3.05, 3.63) is 83.9 Å². The molecule has 0 saturated heterocycles. The summed E-state index contributed by atoms with van der Waals surface area (Å²) in [5, 5.41) is 11.6. The number of nitrogens with one attached hydrogen (secondary N) is 1. The highest BCUT2D eigenvalue weighted by Gasteiger charge is 2.29. The molecule has 2 N–H and O–H groups in total. The van der Waals surface area contributed by atoms with E-state index < -0.39 is 18.2 Å². The van der Waals surface area contributed by atoms with E-state index in [-0.39, 0.29) is 12.5 Å². The number of hydrogen-bond donors (Lipinski definition) is 2. The third-order valence-corrected chi connectivity index (χ3v) is 5.08. The number of carbonyl (C=O) groups is 2. The SMILES string of the molecule is CC(Oc1cccc(NC(=O)OCC2c3ccccc3-c3ccccc32)c1)C(=O)O. The van der Waals surface area contributed by atoms with Crippen molar-refractivity contribution in [3.8, 4) is 16.9 Å². The Morgan fingerprint density at radius 1 is 0.967 bits per heavy atom. The second-order valence-corrected chi connectivity index (χ2v) is 7.08. The second kappa shape index (κ2) is 8.29. The number of ether oxygens (including phenoxy) is 2. The molecule has 0 spiro atoms. The van der Waals surface area contributed by atoms with Crippen molar-refractivity contribution < 1.29 is 24.2 Å². The zero-order valence-corrected chi connectivity index (χ0v) is 16.4. The molecule has 0 heterocycles. The van der Waals surface area contributed by atoms with Crippen LogP contribution in [0.5, 0.6) is 5.75 Å². The number of carbonyl (C=O) groups excluding carboxylic acids is 1. The van der Waals surface area contributed by atoms with Crippen LogP contribution in [0, 0.1) is 0 Å². The fraction of sp³-hybridized carbons (Fsp3) is 0.167. The van der Waals surface area contributed by atoms with E-state index >= 15 is 0 Å². The molecule has 6 heteroatoms. The van der Waals surface area contributed by atoms with Gasteiger partial charge in [0.25, 0.3) is 0 Å². The largest absolute Gasteiger partial charge is 0.479 e. The molecule has 1 unspecified atom stereocenters. The Hall–Kier alpha value is -3.80. The molecule has 1 aliphatic rings. The highest BCUT2D eigenvalue weighted by atomic mass is 16.5. The van der Waals surface area contributed by atoms with Crippen LogP contribution in [-0.4, -0.2) is 29.9 Å². The monoisotopic (exact) mass is 403 g/mol. The fourth-order valence-electron chi connectivity index (χ4n) is 3.65. The fourth-order valence-corrected chi connectivity index (χ4v) is 3.65. The molecular formula is C24H21NO5. The van der Waals surface area contributed by atoms with E-state index in [0.29, 0.717) is 11.4 Å². The first kappa shape index (κ1) is 19.5. The molecule has 1 aliphatic carbocycles. The van der Waals surface area contributed by atoms with Crippen LogP contribution < -0.4 is 10.1 Å². The standard InChI is InChI=1S/C24H21NO5/c1-15(23(26)27)30-17-8-6-7-16(13-17)25-24(28)29-14-22-20-11-4-2-9-18(20)19-10-3-5-12-21(19)22/h2-13,15,22H,14H2,1H3,(H,25,28)(H,26,27). The summed E-state index contributed by atoms with van der Waals surface area (Å²) in [7, 11) is 0. The number of amides is 1. The number of rotatable bonds is 6. The highest BCUT2D eigenvalue weighted by molar-refractivity contribution is 5.85. The van der Waals surface area contributed by atoms with E-state index in [1.165, 1.54) is 18.1 Å². The van der Waals surface area contributed by atoms with Crippen LogP contribution in [0.1, 0.15) is 24.0 Å². The maximum atomic E-state index is 12.4. The zero-order chi connectivity index (χ0) is 21.1. The summed E-state index contributed by atoms with van der Waals surface area (Å²) in [5.41, 5.74) is 5.08. The van der Waals surface area contributed by atoms with Crippen LogP contribution in [-0.2, 0) is 9.53 Å². The average Bonchev–Trinajstić information content (AvgIpc) is 3.06. The van der Waals surface area contributed by atoms with Gasteiger partial charge in [-0.05, 0) is 41.3 Å². The number of aliphatic carboxylic acids is 1. The molecule has 3 aromatic rings. The molecule has 0 fully saturated rings. The molecule has 4 rings (SSSR count). The molecule has 0 radical (unpaired) electrons. The van der Waals surface area contributed by atoms with Gasteiger partial charge < -0.3 is 14.6 Å². The first-order valence-electron chi connectivity index (χ1n) is 9.64. The maximum Gasteiger partial charge on any atom is 0.411 e. The van der Waals surface area contributed by atoms with E-state index in [0.717, 1.165) is 11.1 Å². The minimum atomic E-state index is -1.06. The Morgan fingerprint density at radius 2 is 1.60 bits per heavy atom. The van der Waals surface area contributed by atoms with Crippen LogP contribution in [0.15, 0.2) is 72.8 Å². The molecule has 0 bridgehead atoms. The van der Waals surface area contributed by atoms with Gasteiger partial charge in [-0.1, -0.05) is 54.6 Å². The van der Waals surface area contributed by atoms with Crippen molar-refractivity contribution in [1.29, 1.82) is 0 Å². The van der Waals surface area contributed by atoms with Gasteiger partial charge in [0.05, 0.1) is 0 Å². The predicted molar refractivity (Wildman–Crippen MR) is 113 cm³/mol. The van der Waals surface area contributed by atoms with Gasteiger partial charge in [-0.25, -0.2) is 9.59 Å². The third kappa shape index (κ3) is 3.98. The van der Waals surface area contributed by atoms with E-state index in [2.05, 4.69) is 29.6 Å². The van der Waals surface area contributed by atoms with Crippen molar-refractivity contribution in [2.24, 2.45) is 0 Å². The summed E-state index contributed by atoms with van der Waals surface area (Å²) in [6.07, 6.45) is -1.57. The molecular weight excluding hydrogens is 382 g/mol. The highest BCUT2D eigenvalue weighted by Crippen LogP contribution is 2.44. The quantitative estimate of drug-likeness (QED) is 0.612. The van der Waals surface area contributed by atoms with Gasteiger partial charge in [0, 0.05) is 17.7 Å². The molecule has 30 heavy (non-hydrogen) atoms. The van der Waals surface area contributed by atoms with Gasteiger partial charge in [0.15, 0.2) is 6.10 Å². The first-order valence-corrected chi connectivity index (χ1v) is 9.64. The van der Waals surface area contributed by atoms with E-state index in [9.17, 15) is 9.59 Å². The third-order valence-electron chi connectivity index (χ3n) is 5.08. The molecule has 0 aromatic heterocycles. The Labute approximate surface area is 174 Å². The smallest absolute Gasteiger partial charge is 0.411 e.